The summed E-state index contributed by atoms with van der Waals surface area (Å²) in [5.74, 6) is -0.677. The molecule has 1 saturated heterocycles. The van der Waals surface area contributed by atoms with E-state index in [0.29, 0.717) is 22.8 Å². The predicted octanol–water partition coefficient (Wildman–Crippen LogP) is 3.93. The van der Waals surface area contributed by atoms with Crippen molar-refractivity contribution in [3.8, 4) is 11.3 Å². The molecular weight excluding hydrogens is 401 g/mol. The van der Waals surface area contributed by atoms with Crippen LogP contribution in [0, 0.1) is 12.7 Å². The summed E-state index contributed by atoms with van der Waals surface area (Å²) >= 11 is 0. The van der Waals surface area contributed by atoms with Crippen molar-refractivity contribution in [1.29, 1.82) is 0 Å². The van der Waals surface area contributed by atoms with Gasteiger partial charge in [0.15, 0.2) is 0 Å². The molecule has 2 N–H and O–H groups in total. The van der Waals surface area contributed by atoms with Crippen LogP contribution >= 0.6 is 0 Å². The number of amides is 4. The Hall–Kier alpha value is -4.20. The van der Waals surface area contributed by atoms with E-state index < -0.39 is 24.4 Å². The highest BCUT2D eigenvalue weighted by Gasteiger charge is 2.35. The number of halogens is 1. The number of hydrogen-bond acceptors (Lipinski definition) is 4. The molecule has 8 heteroatoms. The SMILES string of the molecule is Cc1ccc(NC(=O)CN2C(=O)N/C(=C/c3ccc(-c4ccc(F)cc4)o3)C2=O)cc1. The van der Waals surface area contributed by atoms with Crippen LogP contribution in [0.15, 0.2) is 70.8 Å². The van der Waals surface area contributed by atoms with Gasteiger partial charge in [0.05, 0.1) is 0 Å². The van der Waals surface area contributed by atoms with Gasteiger partial charge in [-0.05, 0) is 55.5 Å². The number of hydrogen-bond donors (Lipinski definition) is 2. The Balaban J connectivity index is 1.44. The van der Waals surface area contributed by atoms with E-state index >= 15 is 0 Å². The van der Waals surface area contributed by atoms with Crippen LogP contribution in [0.4, 0.5) is 14.9 Å². The van der Waals surface area contributed by atoms with Crippen LogP contribution in [-0.2, 0) is 9.59 Å². The Morgan fingerprint density at radius 3 is 2.48 bits per heavy atom. The summed E-state index contributed by atoms with van der Waals surface area (Å²) in [4.78, 5) is 37.8. The number of nitrogens with one attached hydrogen (secondary N) is 2. The Labute approximate surface area is 177 Å². The first-order chi connectivity index (χ1) is 14.9. The van der Waals surface area contributed by atoms with Crippen molar-refractivity contribution in [2.45, 2.75) is 6.92 Å². The summed E-state index contributed by atoms with van der Waals surface area (Å²) in [5, 5.41) is 5.09. The van der Waals surface area contributed by atoms with Crippen LogP contribution in [-0.4, -0.2) is 29.3 Å². The molecular formula is C23H18FN3O4. The van der Waals surface area contributed by atoms with E-state index in [1.165, 1.54) is 18.2 Å². The molecule has 0 atom stereocenters. The van der Waals surface area contributed by atoms with Crippen molar-refractivity contribution in [2.75, 3.05) is 11.9 Å². The number of carbonyl (C=O) groups is 3. The zero-order chi connectivity index (χ0) is 22.0. The maximum atomic E-state index is 13.1. The van der Waals surface area contributed by atoms with Crippen molar-refractivity contribution < 1.29 is 23.2 Å². The van der Waals surface area contributed by atoms with Gasteiger partial charge in [-0.1, -0.05) is 17.7 Å². The fourth-order valence-corrected chi connectivity index (χ4v) is 3.04. The zero-order valence-corrected chi connectivity index (χ0v) is 16.5. The van der Waals surface area contributed by atoms with Crippen molar-refractivity contribution in [3.05, 3.63) is 83.5 Å². The fourth-order valence-electron chi connectivity index (χ4n) is 3.04. The summed E-state index contributed by atoms with van der Waals surface area (Å²) in [6.45, 7) is 1.50. The number of furan rings is 1. The highest BCUT2D eigenvalue weighted by molar-refractivity contribution is 6.15. The number of aryl methyl sites for hydroxylation is 1. The minimum absolute atomic E-state index is 0.00635. The molecule has 31 heavy (non-hydrogen) atoms. The maximum Gasteiger partial charge on any atom is 0.329 e. The number of rotatable bonds is 5. The van der Waals surface area contributed by atoms with Gasteiger partial charge in [-0.3, -0.25) is 9.59 Å². The van der Waals surface area contributed by atoms with Crippen LogP contribution in [0.1, 0.15) is 11.3 Å². The molecule has 0 radical (unpaired) electrons. The molecule has 0 spiro atoms. The third-order valence-electron chi connectivity index (χ3n) is 4.64. The topological polar surface area (TPSA) is 91.7 Å². The van der Waals surface area contributed by atoms with Crippen molar-refractivity contribution >= 4 is 29.6 Å². The summed E-state index contributed by atoms with van der Waals surface area (Å²) in [6, 6.07) is 15.5. The van der Waals surface area contributed by atoms with Crippen LogP contribution in [0.3, 0.4) is 0 Å². The highest BCUT2D eigenvalue weighted by atomic mass is 19.1. The van der Waals surface area contributed by atoms with Crippen LogP contribution in [0.25, 0.3) is 17.4 Å². The third-order valence-corrected chi connectivity index (χ3v) is 4.64. The smallest absolute Gasteiger partial charge is 0.329 e. The number of urea groups is 1. The van der Waals surface area contributed by atoms with E-state index in [2.05, 4.69) is 10.6 Å². The first-order valence-corrected chi connectivity index (χ1v) is 9.46. The molecule has 0 bridgehead atoms. The third kappa shape index (κ3) is 4.53. The molecule has 0 unspecified atom stereocenters. The molecule has 1 aliphatic heterocycles. The number of nitrogens with zero attached hydrogens (tertiary/aromatic N) is 1. The molecule has 1 aliphatic rings. The Morgan fingerprint density at radius 2 is 1.77 bits per heavy atom. The largest absolute Gasteiger partial charge is 0.457 e. The summed E-state index contributed by atoms with van der Waals surface area (Å²) in [5.41, 5.74) is 2.28. The average molecular weight is 419 g/mol. The van der Waals surface area contributed by atoms with Gasteiger partial charge < -0.3 is 15.1 Å². The lowest BCUT2D eigenvalue weighted by Crippen LogP contribution is -2.38. The Bertz CT molecular complexity index is 1180. The monoisotopic (exact) mass is 419 g/mol. The van der Waals surface area contributed by atoms with Crippen molar-refractivity contribution in [3.63, 3.8) is 0 Å². The molecule has 4 amide bonds. The van der Waals surface area contributed by atoms with Gasteiger partial charge in [0.1, 0.15) is 29.6 Å². The quantitative estimate of drug-likeness (QED) is 0.484. The molecule has 7 nitrogen and oxygen atoms in total. The van der Waals surface area contributed by atoms with E-state index in [0.717, 1.165) is 10.5 Å². The second kappa shape index (κ2) is 8.27. The van der Waals surface area contributed by atoms with Crippen LogP contribution < -0.4 is 10.6 Å². The first-order valence-electron chi connectivity index (χ1n) is 9.46. The van der Waals surface area contributed by atoms with E-state index in [4.69, 9.17) is 4.42 Å². The summed E-state index contributed by atoms with van der Waals surface area (Å²) < 4.78 is 18.7. The molecule has 4 rings (SSSR count). The fraction of sp³-hybridized carbons (Fsp3) is 0.0870. The van der Waals surface area contributed by atoms with Gasteiger partial charge in [0.25, 0.3) is 5.91 Å². The van der Waals surface area contributed by atoms with Gasteiger partial charge in [-0.2, -0.15) is 0 Å². The van der Waals surface area contributed by atoms with E-state index in [9.17, 15) is 18.8 Å². The molecule has 2 aromatic carbocycles. The molecule has 1 fully saturated rings. The van der Waals surface area contributed by atoms with Crippen molar-refractivity contribution in [2.24, 2.45) is 0 Å². The van der Waals surface area contributed by atoms with Gasteiger partial charge in [0.2, 0.25) is 5.91 Å². The molecule has 2 heterocycles. The Morgan fingerprint density at radius 1 is 1.06 bits per heavy atom. The lowest BCUT2D eigenvalue weighted by molar-refractivity contribution is -0.127. The van der Waals surface area contributed by atoms with Gasteiger partial charge in [-0.15, -0.1) is 0 Å². The second-order valence-electron chi connectivity index (χ2n) is 7.00. The number of anilines is 1. The standard InChI is InChI=1S/C23H18FN3O4/c1-14-2-8-17(9-3-14)25-21(28)13-27-22(29)19(26-23(27)30)12-18-10-11-20(31-18)15-4-6-16(24)7-5-15/h2-12H,13H2,1H3,(H,25,28)(H,26,30)/b19-12+. The van der Waals surface area contributed by atoms with E-state index in [1.807, 2.05) is 19.1 Å². The summed E-state index contributed by atoms with van der Waals surface area (Å²) in [6.07, 6.45) is 1.38. The molecule has 0 saturated carbocycles. The highest BCUT2D eigenvalue weighted by Crippen LogP contribution is 2.24. The average Bonchev–Trinajstić information content (AvgIpc) is 3.31. The lowest BCUT2D eigenvalue weighted by atomic mass is 10.2. The normalized spacial score (nSPS) is 14.8. The second-order valence-corrected chi connectivity index (χ2v) is 7.00. The zero-order valence-electron chi connectivity index (χ0n) is 16.5. The minimum Gasteiger partial charge on any atom is -0.457 e. The van der Waals surface area contributed by atoms with Crippen LogP contribution in [0.2, 0.25) is 0 Å². The summed E-state index contributed by atoms with van der Waals surface area (Å²) in [7, 11) is 0. The van der Waals surface area contributed by atoms with Gasteiger partial charge >= 0.3 is 6.03 Å². The predicted molar refractivity (Wildman–Crippen MR) is 112 cm³/mol. The first kappa shape index (κ1) is 20.1. The maximum absolute atomic E-state index is 13.1. The van der Waals surface area contributed by atoms with Gasteiger partial charge in [-0.25, -0.2) is 14.1 Å². The molecule has 156 valence electrons. The number of imide groups is 1. The molecule has 0 aliphatic carbocycles. The number of carbonyl (C=O) groups excluding carboxylic acids is 3. The van der Waals surface area contributed by atoms with Gasteiger partial charge in [0, 0.05) is 17.3 Å². The minimum atomic E-state index is -0.694. The molecule has 1 aromatic heterocycles. The van der Waals surface area contributed by atoms with E-state index in [-0.39, 0.29) is 11.5 Å². The number of benzene rings is 2. The molecule has 3 aromatic rings. The van der Waals surface area contributed by atoms with E-state index in [1.54, 1.807) is 36.4 Å². The van der Waals surface area contributed by atoms with Crippen LogP contribution in [0.5, 0.6) is 0 Å². The Kier molecular flexibility index (Phi) is 5.36. The van der Waals surface area contributed by atoms with Crippen molar-refractivity contribution in [1.82, 2.24) is 10.2 Å². The lowest BCUT2D eigenvalue weighted by Gasteiger charge is -2.12.